The molecule has 0 bridgehead atoms. The zero-order chi connectivity index (χ0) is 20.5. The molecule has 0 radical (unpaired) electrons. The van der Waals surface area contributed by atoms with Crippen molar-refractivity contribution in [3.63, 3.8) is 0 Å². The summed E-state index contributed by atoms with van der Waals surface area (Å²) in [6.45, 7) is 0.651. The van der Waals surface area contributed by atoms with Crippen LogP contribution >= 0.6 is 11.6 Å². The number of rotatable bonds is 4. The highest BCUT2D eigenvalue weighted by atomic mass is 35.5. The first-order valence-electron chi connectivity index (χ1n) is 9.56. The molecule has 4 rings (SSSR count). The van der Waals surface area contributed by atoms with Crippen molar-refractivity contribution in [3.05, 3.63) is 57.9 Å². The van der Waals surface area contributed by atoms with Crippen molar-refractivity contribution in [2.24, 2.45) is 0 Å². The molecule has 156 valence electrons. The first-order chi connectivity index (χ1) is 14.0. The van der Waals surface area contributed by atoms with Crippen LogP contribution in [0, 0.1) is 5.82 Å². The lowest BCUT2D eigenvalue weighted by Gasteiger charge is -2.36. The van der Waals surface area contributed by atoms with E-state index in [1.165, 1.54) is 6.07 Å². The fraction of sp³-hybridized carbons (Fsp3) is 0.429. The van der Waals surface area contributed by atoms with E-state index in [2.05, 4.69) is 5.32 Å². The summed E-state index contributed by atoms with van der Waals surface area (Å²) in [5.41, 5.74) is 2.92. The Bertz CT molecular complexity index is 896. The summed E-state index contributed by atoms with van der Waals surface area (Å²) in [5.74, 6) is -0.187. The van der Waals surface area contributed by atoms with Crippen LogP contribution in [0.25, 0.3) is 0 Å². The Balaban J connectivity index is 1.59. The van der Waals surface area contributed by atoms with Crippen LogP contribution in [0.4, 0.5) is 10.1 Å². The highest BCUT2D eigenvalue weighted by molar-refractivity contribution is 6.31. The Morgan fingerprint density at radius 2 is 2.03 bits per heavy atom. The first-order valence-corrected chi connectivity index (χ1v) is 9.94. The SMILES string of the molecule is OCC1OC(c2ccc(Cl)c(Cc3cc(F)c4c(c3)NCCO4)c2)CC(O)C1O. The van der Waals surface area contributed by atoms with Gasteiger partial charge in [0, 0.05) is 18.0 Å². The lowest BCUT2D eigenvalue weighted by Crippen LogP contribution is -2.47. The number of hydrogen-bond acceptors (Lipinski definition) is 6. The van der Waals surface area contributed by atoms with Crippen molar-refractivity contribution in [1.29, 1.82) is 0 Å². The minimum Gasteiger partial charge on any atom is -0.486 e. The van der Waals surface area contributed by atoms with E-state index in [9.17, 15) is 19.7 Å². The normalized spacial score (nSPS) is 26.4. The smallest absolute Gasteiger partial charge is 0.178 e. The van der Waals surface area contributed by atoms with Crippen LogP contribution in [0.5, 0.6) is 5.75 Å². The van der Waals surface area contributed by atoms with Gasteiger partial charge in [-0.25, -0.2) is 4.39 Å². The van der Waals surface area contributed by atoms with Gasteiger partial charge >= 0.3 is 0 Å². The Morgan fingerprint density at radius 3 is 2.83 bits per heavy atom. The fourth-order valence-electron chi connectivity index (χ4n) is 3.84. The minimum atomic E-state index is -1.13. The number of nitrogens with one attached hydrogen (secondary N) is 1. The van der Waals surface area contributed by atoms with Crippen molar-refractivity contribution < 1.29 is 29.2 Å². The van der Waals surface area contributed by atoms with Gasteiger partial charge in [-0.1, -0.05) is 23.7 Å². The average Bonchev–Trinajstić information content (AvgIpc) is 2.71. The number of hydrogen-bond donors (Lipinski definition) is 4. The maximum absolute atomic E-state index is 14.4. The number of benzene rings is 2. The second-order valence-electron chi connectivity index (χ2n) is 7.40. The maximum atomic E-state index is 14.4. The zero-order valence-corrected chi connectivity index (χ0v) is 16.4. The second-order valence-corrected chi connectivity index (χ2v) is 7.80. The third kappa shape index (κ3) is 4.20. The summed E-state index contributed by atoms with van der Waals surface area (Å²) < 4.78 is 25.5. The summed E-state index contributed by atoms with van der Waals surface area (Å²) in [5, 5.41) is 33.1. The van der Waals surface area contributed by atoms with Crippen molar-refractivity contribution in [1.82, 2.24) is 0 Å². The Labute approximate surface area is 172 Å². The lowest BCUT2D eigenvalue weighted by molar-refractivity contribution is -0.181. The van der Waals surface area contributed by atoms with Gasteiger partial charge in [-0.05, 0) is 41.3 Å². The molecular formula is C21H23ClFNO5. The number of halogens is 2. The van der Waals surface area contributed by atoms with E-state index >= 15 is 0 Å². The highest BCUT2D eigenvalue weighted by Crippen LogP contribution is 2.36. The van der Waals surface area contributed by atoms with Crippen LogP contribution < -0.4 is 10.1 Å². The molecule has 4 N–H and O–H groups in total. The molecule has 0 spiro atoms. The van der Waals surface area contributed by atoms with Crippen LogP contribution in [0.1, 0.15) is 29.2 Å². The molecule has 0 amide bonds. The predicted molar refractivity (Wildman–Crippen MR) is 106 cm³/mol. The molecular weight excluding hydrogens is 401 g/mol. The van der Waals surface area contributed by atoms with Crippen LogP contribution in [0.15, 0.2) is 30.3 Å². The topological polar surface area (TPSA) is 91.2 Å². The lowest BCUT2D eigenvalue weighted by atomic mass is 9.92. The van der Waals surface area contributed by atoms with Crippen LogP contribution in [-0.2, 0) is 11.2 Å². The molecule has 2 heterocycles. The monoisotopic (exact) mass is 423 g/mol. The standard InChI is InChI=1S/C21H23ClFNO5/c22-14-2-1-12(18-9-17(26)20(27)19(10-25)29-18)8-13(14)5-11-6-15(23)21-16(7-11)24-3-4-28-21/h1-2,6-8,17-20,24-27H,3-5,9-10H2. The largest absolute Gasteiger partial charge is 0.486 e. The second kappa shape index (κ2) is 8.45. The van der Waals surface area contributed by atoms with E-state index in [4.69, 9.17) is 21.1 Å². The molecule has 1 fully saturated rings. The molecule has 1 saturated heterocycles. The molecule has 0 aliphatic carbocycles. The van der Waals surface area contributed by atoms with E-state index in [1.54, 1.807) is 12.1 Å². The van der Waals surface area contributed by atoms with Crippen LogP contribution in [0.3, 0.4) is 0 Å². The van der Waals surface area contributed by atoms with Gasteiger partial charge in [0.05, 0.1) is 24.5 Å². The Kier molecular flexibility index (Phi) is 5.94. The van der Waals surface area contributed by atoms with Crippen LogP contribution in [0.2, 0.25) is 5.02 Å². The summed E-state index contributed by atoms with van der Waals surface area (Å²) >= 11 is 6.37. The molecule has 2 aliphatic rings. The fourth-order valence-corrected chi connectivity index (χ4v) is 4.02. The van der Waals surface area contributed by atoms with Gasteiger partial charge in [-0.3, -0.25) is 0 Å². The summed E-state index contributed by atoms with van der Waals surface area (Å²) in [6, 6.07) is 8.66. The molecule has 4 atom stereocenters. The van der Waals surface area contributed by atoms with Gasteiger partial charge in [0.25, 0.3) is 0 Å². The van der Waals surface area contributed by atoms with E-state index in [1.807, 2.05) is 12.1 Å². The van der Waals surface area contributed by atoms with E-state index in [-0.39, 0.29) is 12.2 Å². The molecule has 0 aromatic heterocycles. The third-order valence-corrected chi connectivity index (χ3v) is 5.72. The molecule has 29 heavy (non-hydrogen) atoms. The summed E-state index contributed by atoms with van der Waals surface area (Å²) in [4.78, 5) is 0. The molecule has 4 unspecified atom stereocenters. The van der Waals surface area contributed by atoms with Crippen LogP contribution in [-0.4, -0.2) is 53.4 Å². The van der Waals surface area contributed by atoms with Gasteiger partial charge in [0.1, 0.15) is 18.8 Å². The molecule has 2 aliphatic heterocycles. The van der Waals surface area contributed by atoms with Gasteiger partial charge in [0.2, 0.25) is 0 Å². The average molecular weight is 424 g/mol. The van der Waals surface area contributed by atoms with Crippen molar-refractivity contribution in [3.8, 4) is 5.75 Å². The summed E-state index contributed by atoms with van der Waals surface area (Å²) in [7, 11) is 0. The van der Waals surface area contributed by atoms with E-state index < -0.39 is 36.8 Å². The quantitative estimate of drug-likeness (QED) is 0.603. The van der Waals surface area contributed by atoms with Crippen molar-refractivity contribution in [2.75, 3.05) is 25.1 Å². The number of ether oxygens (including phenoxy) is 2. The third-order valence-electron chi connectivity index (χ3n) is 5.35. The van der Waals surface area contributed by atoms with Gasteiger partial charge in [-0.2, -0.15) is 0 Å². The molecule has 2 aromatic rings. The predicted octanol–water partition coefficient (Wildman–Crippen LogP) is 2.42. The highest BCUT2D eigenvalue weighted by Gasteiger charge is 2.37. The van der Waals surface area contributed by atoms with Crippen molar-refractivity contribution in [2.45, 2.75) is 37.3 Å². The number of aliphatic hydroxyl groups is 3. The molecule has 8 heteroatoms. The minimum absolute atomic E-state index is 0.202. The number of fused-ring (bicyclic) bond motifs is 1. The number of anilines is 1. The van der Waals surface area contributed by atoms with E-state index in [0.717, 1.165) is 16.7 Å². The zero-order valence-electron chi connectivity index (χ0n) is 15.6. The van der Waals surface area contributed by atoms with Crippen molar-refractivity contribution >= 4 is 17.3 Å². The molecule has 0 saturated carbocycles. The van der Waals surface area contributed by atoms with Gasteiger partial charge < -0.3 is 30.1 Å². The molecule has 2 aromatic carbocycles. The number of aliphatic hydroxyl groups excluding tert-OH is 3. The van der Waals surface area contributed by atoms with Gasteiger partial charge in [-0.15, -0.1) is 0 Å². The summed E-state index contributed by atoms with van der Waals surface area (Å²) in [6.07, 6.45) is -2.87. The maximum Gasteiger partial charge on any atom is 0.178 e. The molecule has 6 nitrogen and oxygen atoms in total. The van der Waals surface area contributed by atoms with E-state index in [0.29, 0.717) is 30.3 Å². The van der Waals surface area contributed by atoms with Gasteiger partial charge in [0.15, 0.2) is 11.6 Å². The first kappa shape index (κ1) is 20.4. The Morgan fingerprint density at radius 1 is 1.21 bits per heavy atom. The Hall–Kier alpha value is -1.90.